The number of hydrogen-bond donors (Lipinski definition) is 1. The molecule has 2 rings (SSSR count). The maximum absolute atomic E-state index is 11.3. The second kappa shape index (κ2) is 3.90. The van der Waals surface area contributed by atoms with E-state index in [-0.39, 0.29) is 36.9 Å². The molecule has 2 heterocycles. The summed E-state index contributed by atoms with van der Waals surface area (Å²) in [6.07, 6.45) is -1.06. The Labute approximate surface area is 87.4 Å². The van der Waals surface area contributed by atoms with E-state index in [4.69, 9.17) is 9.47 Å². The number of cyclic esters (lactones) is 1. The Kier molecular flexibility index (Phi) is 2.75. The van der Waals surface area contributed by atoms with E-state index < -0.39 is 12.1 Å². The predicted octanol–water partition coefficient (Wildman–Crippen LogP) is -0.201. The molecule has 5 heteroatoms. The third kappa shape index (κ3) is 2.54. The number of hydrogen-bond acceptors (Lipinski definition) is 5. The van der Waals surface area contributed by atoms with E-state index in [9.17, 15) is 14.7 Å². The predicted molar refractivity (Wildman–Crippen MR) is 49.1 cm³/mol. The van der Waals surface area contributed by atoms with Crippen molar-refractivity contribution in [2.24, 2.45) is 0 Å². The SMILES string of the molecule is C[C@@H]1C[C@@H]2[18O][C@@H]2[C@@H](O)CC(=O)CC(=O)O1. The van der Waals surface area contributed by atoms with Gasteiger partial charge in [0, 0.05) is 12.8 Å². The molecule has 0 aromatic rings. The molecule has 0 bridgehead atoms. The average Bonchev–Trinajstić information content (AvgIpc) is 2.80. The topological polar surface area (TPSA) is 76.1 Å². The van der Waals surface area contributed by atoms with Crippen molar-refractivity contribution in [3.05, 3.63) is 0 Å². The van der Waals surface area contributed by atoms with Crippen LogP contribution in [0.5, 0.6) is 0 Å². The summed E-state index contributed by atoms with van der Waals surface area (Å²) >= 11 is 0. The fourth-order valence-corrected chi connectivity index (χ4v) is 1.91. The highest BCUT2D eigenvalue weighted by Crippen LogP contribution is 2.32. The second-order valence-electron chi connectivity index (χ2n) is 4.16. The normalized spacial score (nSPS) is 41.7. The van der Waals surface area contributed by atoms with Crippen LogP contribution < -0.4 is 0 Å². The molecule has 84 valence electrons. The molecule has 0 aliphatic carbocycles. The van der Waals surface area contributed by atoms with Crippen molar-refractivity contribution in [2.45, 2.75) is 50.6 Å². The van der Waals surface area contributed by atoms with Gasteiger partial charge in [0.15, 0.2) is 0 Å². The third-order valence-corrected chi connectivity index (χ3v) is 2.68. The molecule has 2 fully saturated rings. The summed E-state index contributed by atoms with van der Waals surface area (Å²) in [4.78, 5) is 22.5. The van der Waals surface area contributed by atoms with Gasteiger partial charge in [0.05, 0.1) is 12.2 Å². The smallest absolute Gasteiger partial charge is 0.313 e. The van der Waals surface area contributed by atoms with Crippen molar-refractivity contribution >= 4 is 11.8 Å². The number of ketones is 1. The molecule has 15 heavy (non-hydrogen) atoms. The second-order valence-corrected chi connectivity index (χ2v) is 4.16. The number of aliphatic hydroxyl groups is 1. The fourth-order valence-electron chi connectivity index (χ4n) is 1.91. The minimum atomic E-state index is -0.777. The highest BCUT2D eigenvalue weighted by molar-refractivity contribution is 5.95. The maximum atomic E-state index is 11.3. The maximum Gasteiger partial charge on any atom is 0.313 e. The lowest BCUT2D eigenvalue weighted by molar-refractivity contribution is -0.150. The zero-order valence-corrected chi connectivity index (χ0v) is 8.51. The van der Waals surface area contributed by atoms with Crippen LogP contribution in [0.25, 0.3) is 0 Å². The van der Waals surface area contributed by atoms with Crippen LogP contribution in [0.15, 0.2) is 0 Å². The van der Waals surface area contributed by atoms with Gasteiger partial charge in [-0.3, -0.25) is 9.59 Å². The molecule has 0 radical (unpaired) electrons. The van der Waals surface area contributed by atoms with Gasteiger partial charge in [-0.1, -0.05) is 0 Å². The fraction of sp³-hybridized carbons (Fsp3) is 0.800. The Bertz CT molecular complexity index is 288. The molecule has 0 aromatic heterocycles. The number of esters is 1. The number of carbonyl (C=O) groups excluding carboxylic acids is 2. The summed E-state index contributed by atoms with van der Waals surface area (Å²) in [5, 5.41) is 9.59. The van der Waals surface area contributed by atoms with Gasteiger partial charge >= 0.3 is 5.97 Å². The van der Waals surface area contributed by atoms with Gasteiger partial charge in [0.2, 0.25) is 0 Å². The highest BCUT2D eigenvalue weighted by Gasteiger charge is 2.46. The van der Waals surface area contributed by atoms with E-state index in [0.717, 1.165) is 0 Å². The van der Waals surface area contributed by atoms with Crippen LogP contribution in [0, 0.1) is 0 Å². The van der Waals surface area contributed by atoms with Gasteiger partial charge in [-0.15, -0.1) is 0 Å². The van der Waals surface area contributed by atoms with Gasteiger partial charge < -0.3 is 14.6 Å². The molecule has 0 amide bonds. The first-order valence-corrected chi connectivity index (χ1v) is 5.11. The minimum Gasteiger partial charge on any atom is -0.462 e. The van der Waals surface area contributed by atoms with Crippen molar-refractivity contribution in [2.75, 3.05) is 0 Å². The molecule has 0 spiro atoms. The van der Waals surface area contributed by atoms with Crippen LogP contribution in [0.1, 0.15) is 26.2 Å². The van der Waals surface area contributed by atoms with Gasteiger partial charge in [-0.05, 0) is 6.92 Å². The van der Waals surface area contributed by atoms with Crippen LogP contribution in [0.4, 0.5) is 0 Å². The number of aliphatic hydroxyl groups excluding tert-OH is 1. The molecule has 4 atom stereocenters. The van der Waals surface area contributed by atoms with Gasteiger partial charge in [0.1, 0.15) is 24.4 Å². The van der Waals surface area contributed by atoms with Crippen LogP contribution in [0.3, 0.4) is 0 Å². The molecule has 1 N–H and O–H groups in total. The summed E-state index contributed by atoms with van der Waals surface area (Å²) in [5.41, 5.74) is 0. The standard InChI is InChI=1S/C10H14O5/c1-5-2-8-10(15-8)7(12)3-6(11)4-9(13)14-5/h5,7-8,10,12H,2-4H2,1H3/t5-,7+,8+,10-/m1/s1/i15+2. The van der Waals surface area contributed by atoms with Crippen LogP contribution in [-0.2, 0) is 19.1 Å². The van der Waals surface area contributed by atoms with E-state index in [1.165, 1.54) is 0 Å². The van der Waals surface area contributed by atoms with Crippen molar-refractivity contribution < 1.29 is 24.2 Å². The van der Waals surface area contributed by atoms with Gasteiger partial charge in [-0.25, -0.2) is 0 Å². The first-order valence-electron chi connectivity index (χ1n) is 5.11. The Hall–Kier alpha value is -0.940. The molecule has 0 unspecified atom stereocenters. The van der Waals surface area contributed by atoms with Crippen LogP contribution in [-0.4, -0.2) is 41.3 Å². The number of epoxide rings is 1. The lowest BCUT2D eigenvalue weighted by Crippen LogP contribution is -2.27. The Morgan fingerprint density at radius 1 is 1.47 bits per heavy atom. The number of rotatable bonds is 0. The first kappa shape index (κ1) is 10.6. The Balaban J connectivity index is 2.02. The monoisotopic (exact) mass is 216 g/mol. The molecular formula is C10H14O5. The van der Waals surface area contributed by atoms with Gasteiger partial charge in [-0.2, -0.15) is 0 Å². The molecular weight excluding hydrogens is 202 g/mol. The molecule has 0 saturated carbocycles. The lowest BCUT2D eigenvalue weighted by Gasteiger charge is -2.14. The van der Waals surface area contributed by atoms with Crippen molar-refractivity contribution in [1.82, 2.24) is 0 Å². The summed E-state index contributed by atoms with van der Waals surface area (Å²) < 4.78 is 10.2. The Morgan fingerprint density at radius 3 is 2.93 bits per heavy atom. The molecule has 5 nitrogen and oxygen atoms in total. The summed E-state index contributed by atoms with van der Waals surface area (Å²) in [6, 6.07) is 0. The molecule has 0 aromatic carbocycles. The van der Waals surface area contributed by atoms with Crippen molar-refractivity contribution in [3.63, 3.8) is 0 Å². The van der Waals surface area contributed by atoms with Crippen LogP contribution in [0.2, 0.25) is 0 Å². The van der Waals surface area contributed by atoms with Crippen LogP contribution >= 0.6 is 0 Å². The van der Waals surface area contributed by atoms with E-state index in [2.05, 4.69) is 0 Å². The van der Waals surface area contributed by atoms with E-state index in [1.807, 2.05) is 0 Å². The minimum absolute atomic E-state index is 0.0232. The number of fused-ring (bicyclic) bond motifs is 1. The van der Waals surface area contributed by atoms with Crippen molar-refractivity contribution in [1.29, 1.82) is 0 Å². The van der Waals surface area contributed by atoms with E-state index in [1.54, 1.807) is 6.92 Å². The number of carbonyl (C=O) groups is 2. The summed E-state index contributed by atoms with van der Waals surface area (Å²) in [5.74, 6) is -0.811. The zero-order valence-electron chi connectivity index (χ0n) is 8.51. The molecule has 2 aliphatic rings. The number of ether oxygens (including phenoxy) is 2. The quantitative estimate of drug-likeness (QED) is 0.262. The Morgan fingerprint density at radius 2 is 2.20 bits per heavy atom. The third-order valence-electron chi connectivity index (χ3n) is 2.68. The van der Waals surface area contributed by atoms with E-state index >= 15 is 0 Å². The largest absolute Gasteiger partial charge is 0.462 e. The summed E-state index contributed by atoms with van der Waals surface area (Å²) in [6.45, 7) is 1.76. The first-order chi connectivity index (χ1) is 7.06. The van der Waals surface area contributed by atoms with Crippen molar-refractivity contribution in [3.8, 4) is 0 Å². The average molecular weight is 216 g/mol. The zero-order chi connectivity index (χ0) is 11.0. The number of Topliss-reactive ketones (excluding diaryl/α,β-unsaturated/α-hetero) is 1. The highest BCUT2D eigenvalue weighted by atomic mass is 18.4. The molecule has 2 saturated heterocycles. The van der Waals surface area contributed by atoms with Gasteiger partial charge in [0.25, 0.3) is 0 Å². The molecule has 2 aliphatic heterocycles. The summed E-state index contributed by atoms with van der Waals surface area (Å²) in [7, 11) is 0. The lowest BCUT2D eigenvalue weighted by atomic mass is 10.0. The van der Waals surface area contributed by atoms with E-state index in [0.29, 0.717) is 6.42 Å².